The van der Waals surface area contributed by atoms with Crippen LogP contribution in [0.15, 0.2) is 30.3 Å². The Bertz CT molecular complexity index is 650. The van der Waals surface area contributed by atoms with Crippen LogP contribution in [0.4, 0.5) is 11.4 Å². The first-order valence-corrected chi connectivity index (χ1v) is 7.04. The molecule has 1 heterocycles. The second-order valence-corrected chi connectivity index (χ2v) is 5.39. The molecule has 0 fully saturated rings. The number of anilines is 2. The lowest BCUT2D eigenvalue weighted by molar-refractivity contribution is 0.467. The summed E-state index contributed by atoms with van der Waals surface area (Å²) in [6.07, 6.45) is 1.10. The third-order valence-electron chi connectivity index (χ3n) is 4.04. The highest BCUT2D eigenvalue weighted by Gasteiger charge is 2.13. The molecule has 1 aliphatic heterocycles. The summed E-state index contributed by atoms with van der Waals surface area (Å²) in [5.41, 5.74) is 6.76. The van der Waals surface area contributed by atoms with Crippen molar-refractivity contribution in [2.45, 2.75) is 26.8 Å². The Balaban J connectivity index is 1.81. The monoisotopic (exact) mass is 268 g/mol. The maximum absolute atomic E-state index is 9.99. The summed E-state index contributed by atoms with van der Waals surface area (Å²) in [5.74, 6) is 0.381. The highest BCUT2D eigenvalue weighted by atomic mass is 16.3. The fourth-order valence-corrected chi connectivity index (χ4v) is 2.78. The lowest BCUT2D eigenvalue weighted by Crippen LogP contribution is -2.04. The molecule has 2 aromatic rings. The quantitative estimate of drug-likeness (QED) is 0.797. The van der Waals surface area contributed by atoms with E-state index in [4.69, 9.17) is 0 Å². The van der Waals surface area contributed by atoms with Crippen LogP contribution in [0.1, 0.15) is 22.3 Å². The molecule has 3 N–H and O–H groups in total. The van der Waals surface area contributed by atoms with Gasteiger partial charge in [-0.05, 0) is 43.0 Å². The van der Waals surface area contributed by atoms with Crippen molar-refractivity contribution in [2.24, 2.45) is 0 Å². The van der Waals surface area contributed by atoms with Gasteiger partial charge in [-0.2, -0.15) is 0 Å². The molecule has 3 heteroatoms. The maximum atomic E-state index is 9.99. The van der Waals surface area contributed by atoms with Crippen LogP contribution in [0.3, 0.4) is 0 Å². The van der Waals surface area contributed by atoms with Crippen LogP contribution < -0.4 is 10.6 Å². The number of hydrogen-bond acceptors (Lipinski definition) is 3. The average molecular weight is 268 g/mol. The summed E-state index contributed by atoms with van der Waals surface area (Å²) in [6.45, 7) is 5.65. The zero-order chi connectivity index (χ0) is 14.1. The van der Waals surface area contributed by atoms with Crippen LogP contribution in [0.2, 0.25) is 0 Å². The SMILES string of the molecule is Cc1ccc(NCc2cccc3c2NCC3)c(C)c1O. The lowest BCUT2D eigenvalue weighted by Gasteiger charge is -2.14. The third-order valence-corrected chi connectivity index (χ3v) is 4.04. The molecule has 3 rings (SSSR count). The van der Waals surface area contributed by atoms with E-state index in [0.29, 0.717) is 5.75 Å². The molecule has 1 aliphatic rings. The zero-order valence-corrected chi connectivity index (χ0v) is 12.0. The average Bonchev–Trinajstić information content (AvgIpc) is 2.93. The van der Waals surface area contributed by atoms with E-state index in [9.17, 15) is 5.11 Å². The maximum Gasteiger partial charge on any atom is 0.123 e. The molecule has 20 heavy (non-hydrogen) atoms. The molecule has 0 atom stereocenters. The molecule has 0 aliphatic carbocycles. The second-order valence-electron chi connectivity index (χ2n) is 5.39. The van der Waals surface area contributed by atoms with Gasteiger partial charge in [-0.3, -0.25) is 0 Å². The van der Waals surface area contributed by atoms with Crippen LogP contribution in [-0.4, -0.2) is 11.7 Å². The second kappa shape index (κ2) is 5.08. The summed E-state index contributed by atoms with van der Waals surface area (Å²) >= 11 is 0. The smallest absolute Gasteiger partial charge is 0.123 e. The van der Waals surface area contributed by atoms with Crippen molar-refractivity contribution in [1.82, 2.24) is 0 Å². The Labute approximate surface area is 119 Å². The van der Waals surface area contributed by atoms with Gasteiger partial charge in [-0.25, -0.2) is 0 Å². The Hall–Kier alpha value is -2.16. The van der Waals surface area contributed by atoms with Gasteiger partial charge in [0, 0.05) is 30.0 Å². The summed E-state index contributed by atoms with van der Waals surface area (Å²) in [6, 6.07) is 10.4. The number of phenolic OH excluding ortho intramolecular Hbond substituents is 1. The number of hydrogen-bond donors (Lipinski definition) is 3. The van der Waals surface area contributed by atoms with Crippen LogP contribution in [-0.2, 0) is 13.0 Å². The van der Waals surface area contributed by atoms with Crippen LogP contribution in [0, 0.1) is 13.8 Å². The van der Waals surface area contributed by atoms with Gasteiger partial charge in [0.2, 0.25) is 0 Å². The first-order valence-electron chi connectivity index (χ1n) is 7.04. The molecule has 0 spiro atoms. The van der Waals surface area contributed by atoms with E-state index >= 15 is 0 Å². The van der Waals surface area contributed by atoms with Crippen molar-refractivity contribution >= 4 is 11.4 Å². The minimum Gasteiger partial charge on any atom is -0.507 e. The topological polar surface area (TPSA) is 44.3 Å². The van der Waals surface area contributed by atoms with Gasteiger partial charge in [-0.1, -0.05) is 24.3 Å². The van der Waals surface area contributed by atoms with Gasteiger partial charge in [0.1, 0.15) is 5.75 Å². The fourth-order valence-electron chi connectivity index (χ4n) is 2.78. The summed E-state index contributed by atoms with van der Waals surface area (Å²) < 4.78 is 0. The molecule has 0 saturated carbocycles. The van der Waals surface area contributed by atoms with E-state index in [-0.39, 0.29) is 0 Å². The number of para-hydroxylation sites is 1. The summed E-state index contributed by atoms with van der Waals surface area (Å²) in [7, 11) is 0. The largest absolute Gasteiger partial charge is 0.507 e. The fraction of sp³-hybridized carbons (Fsp3) is 0.294. The molecule has 0 amide bonds. The number of benzene rings is 2. The van der Waals surface area contributed by atoms with Crippen molar-refractivity contribution in [2.75, 3.05) is 17.2 Å². The molecular formula is C17H20N2O. The highest BCUT2D eigenvalue weighted by molar-refractivity contribution is 5.64. The summed E-state index contributed by atoms with van der Waals surface area (Å²) in [5, 5.41) is 16.9. The third kappa shape index (κ3) is 2.20. The minimum atomic E-state index is 0.381. The molecule has 3 nitrogen and oxygen atoms in total. The number of phenols is 1. The molecule has 2 aromatic carbocycles. The molecule has 0 radical (unpaired) electrons. The predicted molar refractivity (Wildman–Crippen MR) is 83.5 cm³/mol. The molecule has 0 aromatic heterocycles. The van der Waals surface area contributed by atoms with Gasteiger partial charge >= 0.3 is 0 Å². The van der Waals surface area contributed by atoms with Crippen LogP contribution in [0.5, 0.6) is 5.75 Å². The van der Waals surface area contributed by atoms with E-state index in [1.807, 2.05) is 26.0 Å². The normalized spacial score (nSPS) is 12.9. The molecule has 104 valence electrons. The standard InChI is InChI=1S/C17H20N2O/c1-11-6-7-15(12(2)17(11)20)19-10-14-5-3-4-13-8-9-18-16(13)14/h3-7,18-20H,8-10H2,1-2H3. The summed E-state index contributed by atoms with van der Waals surface area (Å²) in [4.78, 5) is 0. The van der Waals surface area contributed by atoms with Crippen molar-refractivity contribution in [1.29, 1.82) is 0 Å². The van der Waals surface area contributed by atoms with Gasteiger partial charge in [-0.15, -0.1) is 0 Å². The molecule has 0 bridgehead atoms. The van der Waals surface area contributed by atoms with Crippen LogP contribution >= 0.6 is 0 Å². The van der Waals surface area contributed by atoms with Gasteiger partial charge in [0.25, 0.3) is 0 Å². The van der Waals surface area contributed by atoms with Gasteiger partial charge in [0.15, 0.2) is 0 Å². The molecule has 0 unspecified atom stereocenters. The van der Waals surface area contributed by atoms with Crippen LogP contribution in [0.25, 0.3) is 0 Å². The number of rotatable bonds is 3. The van der Waals surface area contributed by atoms with Gasteiger partial charge in [0.05, 0.1) is 0 Å². The van der Waals surface area contributed by atoms with E-state index in [0.717, 1.165) is 36.3 Å². The number of nitrogens with one attached hydrogen (secondary N) is 2. The number of fused-ring (bicyclic) bond motifs is 1. The van der Waals surface area contributed by atoms with Gasteiger partial charge < -0.3 is 15.7 Å². The van der Waals surface area contributed by atoms with Crippen molar-refractivity contribution < 1.29 is 5.11 Å². The highest BCUT2D eigenvalue weighted by Crippen LogP contribution is 2.30. The van der Waals surface area contributed by atoms with Crippen molar-refractivity contribution in [3.05, 3.63) is 52.6 Å². The first-order chi connectivity index (χ1) is 9.66. The Morgan fingerprint density at radius 1 is 1.20 bits per heavy atom. The van der Waals surface area contributed by atoms with Crippen molar-refractivity contribution in [3.63, 3.8) is 0 Å². The minimum absolute atomic E-state index is 0.381. The van der Waals surface area contributed by atoms with E-state index in [1.165, 1.54) is 16.8 Å². The van der Waals surface area contributed by atoms with Crippen molar-refractivity contribution in [3.8, 4) is 5.75 Å². The zero-order valence-electron chi connectivity index (χ0n) is 12.0. The van der Waals surface area contributed by atoms with E-state index in [1.54, 1.807) is 0 Å². The Morgan fingerprint density at radius 3 is 2.90 bits per heavy atom. The van der Waals surface area contributed by atoms with E-state index in [2.05, 4.69) is 28.8 Å². The number of aromatic hydroxyl groups is 1. The molecule has 0 saturated heterocycles. The van der Waals surface area contributed by atoms with E-state index < -0.39 is 0 Å². The predicted octanol–water partition coefficient (Wildman–Crippen LogP) is 3.59. The lowest BCUT2D eigenvalue weighted by atomic mass is 10.1. The first kappa shape index (κ1) is 12.9. The number of aryl methyl sites for hydroxylation is 1. The Kier molecular flexibility index (Phi) is 3.26. The molecular weight excluding hydrogens is 248 g/mol. The Morgan fingerprint density at radius 2 is 2.05 bits per heavy atom.